The van der Waals surface area contributed by atoms with Gasteiger partial charge in [0, 0.05) is 18.8 Å². The van der Waals surface area contributed by atoms with Crippen molar-refractivity contribution in [2.24, 2.45) is 0 Å². The van der Waals surface area contributed by atoms with Crippen LogP contribution in [-0.4, -0.2) is 38.0 Å². The number of esters is 1. The van der Waals surface area contributed by atoms with Crippen LogP contribution in [0.2, 0.25) is 0 Å². The molecule has 0 atom stereocenters. The molecule has 2 amide bonds. The summed E-state index contributed by atoms with van der Waals surface area (Å²) in [5.74, 6) is -1.64. The van der Waals surface area contributed by atoms with Crippen molar-refractivity contribution in [3.63, 3.8) is 0 Å². The van der Waals surface area contributed by atoms with E-state index in [2.05, 4.69) is 10.1 Å². The Morgan fingerprint density at radius 1 is 1.28 bits per heavy atom. The van der Waals surface area contributed by atoms with Crippen LogP contribution in [0.15, 0.2) is 24.3 Å². The van der Waals surface area contributed by atoms with Crippen LogP contribution in [0.5, 0.6) is 0 Å². The molecule has 94 valence electrons. The van der Waals surface area contributed by atoms with Crippen molar-refractivity contribution in [2.75, 3.05) is 25.1 Å². The normalized spacial score (nSPS) is 15.3. The van der Waals surface area contributed by atoms with Crippen LogP contribution >= 0.6 is 0 Å². The summed E-state index contributed by atoms with van der Waals surface area (Å²) in [5, 5.41) is 2.47. The van der Waals surface area contributed by atoms with E-state index in [-0.39, 0.29) is 0 Å². The molecule has 0 spiro atoms. The number of ether oxygens (including phenoxy) is 1. The van der Waals surface area contributed by atoms with E-state index in [0.29, 0.717) is 24.3 Å². The predicted molar refractivity (Wildman–Crippen MR) is 63.1 cm³/mol. The van der Waals surface area contributed by atoms with E-state index in [9.17, 15) is 14.4 Å². The lowest BCUT2D eigenvalue weighted by molar-refractivity contribution is -0.138. The van der Waals surface area contributed by atoms with E-state index in [4.69, 9.17) is 0 Å². The zero-order chi connectivity index (χ0) is 13.1. The van der Waals surface area contributed by atoms with Gasteiger partial charge in [-0.25, -0.2) is 4.79 Å². The summed E-state index contributed by atoms with van der Waals surface area (Å²) in [6.45, 7) is 0.839. The van der Waals surface area contributed by atoms with Gasteiger partial charge in [-0.1, -0.05) is 0 Å². The van der Waals surface area contributed by atoms with Crippen LogP contribution in [0.3, 0.4) is 0 Å². The summed E-state index contributed by atoms with van der Waals surface area (Å²) in [6.07, 6.45) is 0. The first-order valence-corrected chi connectivity index (χ1v) is 5.41. The minimum atomic E-state index is -0.613. The number of hydrogen-bond acceptors (Lipinski definition) is 4. The van der Waals surface area contributed by atoms with Crippen molar-refractivity contribution < 1.29 is 19.1 Å². The number of nitrogens with zero attached hydrogens (tertiary/aromatic N) is 1. The lowest BCUT2D eigenvalue weighted by Gasteiger charge is -2.26. The monoisotopic (exact) mass is 248 g/mol. The summed E-state index contributed by atoms with van der Waals surface area (Å²) in [5.41, 5.74) is 0.984. The molecule has 0 saturated carbocycles. The number of piperazine rings is 1. The molecule has 6 heteroatoms. The van der Waals surface area contributed by atoms with E-state index < -0.39 is 17.8 Å². The molecule has 18 heavy (non-hydrogen) atoms. The minimum absolute atomic E-state index is 0.398. The van der Waals surface area contributed by atoms with E-state index in [1.165, 1.54) is 12.0 Å². The van der Waals surface area contributed by atoms with Crippen molar-refractivity contribution in [3.05, 3.63) is 29.8 Å². The fourth-order valence-electron chi connectivity index (χ4n) is 1.72. The third kappa shape index (κ3) is 2.17. The van der Waals surface area contributed by atoms with E-state index >= 15 is 0 Å². The summed E-state index contributed by atoms with van der Waals surface area (Å²) < 4.78 is 4.58. The maximum Gasteiger partial charge on any atom is 0.337 e. The Hall–Kier alpha value is -2.37. The average Bonchev–Trinajstić information content (AvgIpc) is 2.41. The second kappa shape index (κ2) is 4.87. The number of hydrogen-bond donors (Lipinski definition) is 1. The van der Waals surface area contributed by atoms with Crippen molar-refractivity contribution in [3.8, 4) is 0 Å². The smallest absolute Gasteiger partial charge is 0.337 e. The molecule has 6 nitrogen and oxygen atoms in total. The topological polar surface area (TPSA) is 75.7 Å². The molecule has 0 unspecified atom stereocenters. The Balaban J connectivity index is 2.21. The Labute approximate surface area is 104 Å². The highest BCUT2D eigenvalue weighted by Crippen LogP contribution is 2.17. The molecule has 0 aliphatic carbocycles. The fraction of sp³-hybridized carbons (Fsp3) is 0.250. The van der Waals surface area contributed by atoms with E-state index in [1.54, 1.807) is 24.3 Å². The number of methoxy groups -OCH3 is 1. The first kappa shape index (κ1) is 12.1. The summed E-state index contributed by atoms with van der Waals surface area (Å²) in [4.78, 5) is 35.5. The average molecular weight is 248 g/mol. The lowest BCUT2D eigenvalue weighted by Crippen LogP contribution is -2.52. The number of carbonyl (C=O) groups excluding carboxylic acids is 3. The third-order valence-corrected chi connectivity index (χ3v) is 2.66. The van der Waals surface area contributed by atoms with Gasteiger partial charge in [-0.15, -0.1) is 0 Å². The largest absolute Gasteiger partial charge is 0.465 e. The van der Waals surface area contributed by atoms with Gasteiger partial charge in [0.1, 0.15) is 0 Å². The Bertz CT molecular complexity index is 495. The zero-order valence-electron chi connectivity index (χ0n) is 9.80. The Morgan fingerprint density at radius 3 is 2.56 bits per heavy atom. The standard InChI is InChI=1S/C12H12N2O4/c1-18-12(17)8-2-4-9(5-3-8)14-7-6-13-10(15)11(14)16/h2-5H,6-7H2,1H3,(H,13,15). The maximum absolute atomic E-state index is 11.6. The summed E-state index contributed by atoms with van der Waals surface area (Å²) in [6, 6.07) is 6.34. The van der Waals surface area contributed by atoms with Gasteiger partial charge >= 0.3 is 17.8 Å². The predicted octanol–water partition coefficient (Wildman–Crippen LogP) is -0.0640. The van der Waals surface area contributed by atoms with Gasteiger partial charge in [-0.05, 0) is 24.3 Å². The Kier molecular flexibility index (Phi) is 3.27. The van der Waals surface area contributed by atoms with Crippen LogP contribution in [0.4, 0.5) is 5.69 Å². The van der Waals surface area contributed by atoms with Gasteiger partial charge in [-0.3, -0.25) is 9.59 Å². The lowest BCUT2D eigenvalue weighted by atomic mass is 10.2. The summed E-state index contributed by atoms with van der Waals surface area (Å²) in [7, 11) is 1.30. The molecule has 0 aromatic heterocycles. The molecule has 1 aliphatic heterocycles. The van der Waals surface area contributed by atoms with Gasteiger partial charge in [0.25, 0.3) is 0 Å². The fourth-order valence-corrected chi connectivity index (χ4v) is 1.72. The molecule has 0 radical (unpaired) electrons. The van der Waals surface area contributed by atoms with Crippen LogP contribution in [0, 0.1) is 0 Å². The highest BCUT2D eigenvalue weighted by Gasteiger charge is 2.27. The van der Waals surface area contributed by atoms with Gasteiger partial charge in [-0.2, -0.15) is 0 Å². The van der Waals surface area contributed by atoms with Gasteiger partial charge < -0.3 is 15.0 Å². The van der Waals surface area contributed by atoms with Crippen molar-refractivity contribution >= 4 is 23.5 Å². The van der Waals surface area contributed by atoms with Gasteiger partial charge in [0.15, 0.2) is 0 Å². The minimum Gasteiger partial charge on any atom is -0.465 e. The number of carbonyl (C=O) groups is 3. The quantitative estimate of drug-likeness (QED) is 0.587. The van der Waals surface area contributed by atoms with Crippen molar-refractivity contribution in [1.82, 2.24) is 5.32 Å². The molecule has 1 aromatic rings. The first-order chi connectivity index (χ1) is 8.63. The van der Waals surface area contributed by atoms with Crippen molar-refractivity contribution in [1.29, 1.82) is 0 Å². The van der Waals surface area contributed by atoms with E-state index in [0.717, 1.165) is 0 Å². The van der Waals surface area contributed by atoms with Gasteiger partial charge in [0.2, 0.25) is 0 Å². The third-order valence-electron chi connectivity index (χ3n) is 2.66. The molecular weight excluding hydrogens is 236 g/mol. The molecule has 1 N–H and O–H groups in total. The molecular formula is C12H12N2O4. The summed E-state index contributed by atoms with van der Waals surface area (Å²) >= 11 is 0. The molecule has 1 heterocycles. The number of benzene rings is 1. The molecule has 2 rings (SSSR count). The van der Waals surface area contributed by atoms with Crippen molar-refractivity contribution in [2.45, 2.75) is 0 Å². The zero-order valence-corrected chi connectivity index (χ0v) is 9.80. The number of amides is 2. The van der Waals surface area contributed by atoms with Crippen LogP contribution in [-0.2, 0) is 14.3 Å². The van der Waals surface area contributed by atoms with E-state index in [1.807, 2.05) is 0 Å². The highest BCUT2D eigenvalue weighted by molar-refractivity contribution is 6.41. The first-order valence-electron chi connectivity index (χ1n) is 5.41. The maximum atomic E-state index is 11.6. The molecule has 1 aliphatic rings. The number of rotatable bonds is 2. The van der Waals surface area contributed by atoms with Gasteiger partial charge in [0.05, 0.1) is 12.7 Å². The molecule has 1 saturated heterocycles. The van der Waals surface area contributed by atoms with Crippen LogP contribution in [0.25, 0.3) is 0 Å². The second-order valence-corrected chi connectivity index (χ2v) is 3.75. The number of nitrogens with one attached hydrogen (secondary N) is 1. The molecule has 0 bridgehead atoms. The number of anilines is 1. The SMILES string of the molecule is COC(=O)c1ccc(N2CCNC(=O)C2=O)cc1. The Morgan fingerprint density at radius 2 is 1.94 bits per heavy atom. The highest BCUT2D eigenvalue weighted by atomic mass is 16.5. The molecule has 1 aromatic carbocycles. The second-order valence-electron chi connectivity index (χ2n) is 3.75. The van der Waals surface area contributed by atoms with Crippen LogP contribution in [0.1, 0.15) is 10.4 Å². The van der Waals surface area contributed by atoms with Crippen LogP contribution < -0.4 is 10.2 Å². The molecule has 1 fully saturated rings.